The number of halogens is 1. The van der Waals surface area contributed by atoms with Gasteiger partial charge in [0.2, 0.25) is 0 Å². The Balaban J connectivity index is 1.48. The summed E-state index contributed by atoms with van der Waals surface area (Å²) in [5.74, 6) is -0.418. The van der Waals surface area contributed by atoms with Gasteiger partial charge in [0.1, 0.15) is 11.4 Å². The van der Waals surface area contributed by atoms with Gasteiger partial charge in [-0.25, -0.2) is 0 Å². The van der Waals surface area contributed by atoms with E-state index in [1.54, 1.807) is 4.90 Å². The lowest BCUT2D eigenvalue weighted by Crippen LogP contribution is -2.44. The highest BCUT2D eigenvalue weighted by atomic mass is 35.5. The van der Waals surface area contributed by atoms with Crippen molar-refractivity contribution in [2.45, 2.75) is 20.3 Å². The second-order valence-electron chi connectivity index (χ2n) is 7.33. The molecule has 1 aromatic carbocycles. The van der Waals surface area contributed by atoms with E-state index in [9.17, 15) is 14.4 Å². The Labute approximate surface area is 172 Å². The Bertz CT molecular complexity index is 887. The SMILES string of the molecule is C[C@@H]1C[C@@H](C)CN(C(=O)COC(=O)CNC(=O)c2sc3ccccc3c2Cl)C1. The molecule has 0 unspecified atom stereocenters. The first kappa shape index (κ1) is 20.6. The number of fused-ring (bicyclic) bond motifs is 1. The smallest absolute Gasteiger partial charge is 0.325 e. The van der Waals surface area contributed by atoms with Crippen molar-refractivity contribution in [1.29, 1.82) is 0 Å². The molecule has 0 saturated carbocycles. The van der Waals surface area contributed by atoms with E-state index < -0.39 is 11.9 Å². The van der Waals surface area contributed by atoms with Crippen LogP contribution in [0.2, 0.25) is 5.02 Å². The lowest BCUT2D eigenvalue weighted by atomic mass is 9.92. The summed E-state index contributed by atoms with van der Waals surface area (Å²) >= 11 is 7.53. The fourth-order valence-corrected chi connectivity index (χ4v) is 4.98. The Morgan fingerprint density at radius 2 is 1.89 bits per heavy atom. The molecule has 2 amide bonds. The Morgan fingerprint density at radius 1 is 1.21 bits per heavy atom. The topological polar surface area (TPSA) is 75.7 Å². The van der Waals surface area contributed by atoms with E-state index >= 15 is 0 Å². The lowest BCUT2D eigenvalue weighted by molar-refractivity contribution is -0.152. The van der Waals surface area contributed by atoms with Crippen molar-refractivity contribution in [1.82, 2.24) is 10.2 Å². The molecular weight excluding hydrogens is 400 g/mol. The number of nitrogens with zero attached hydrogens (tertiary/aromatic N) is 1. The number of piperidine rings is 1. The maximum Gasteiger partial charge on any atom is 0.325 e. The minimum absolute atomic E-state index is 0.203. The predicted molar refractivity (Wildman–Crippen MR) is 110 cm³/mol. The van der Waals surface area contributed by atoms with E-state index in [1.807, 2.05) is 24.3 Å². The zero-order valence-electron chi connectivity index (χ0n) is 15.9. The molecule has 0 spiro atoms. The fraction of sp³-hybridized carbons (Fsp3) is 0.450. The molecule has 0 radical (unpaired) electrons. The molecule has 3 rings (SSSR count). The maximum absolute atomic E-state index is 12.3. The second-order valence-corrected chi connectivity index (χ2v) is 8.76. The number of thiophene rings is 1. The predicted octanol–water partition coefficient (Wildman–Crippen LogP) is 3.33. The monoisotopic (exact) mass is 422 g/mol. The molecule has 28 heavy (non-hydrogen) atoms. The summed E-state index contributed by atoms with van der Waals surface area (Å²) in [6.07, 6.45) is 1.09. The Morgan fingerprint density at radius 3 is 2.57 bits per heavy atom. The van der Waals surface area contributed by atoms with E-state index in [4.69, 9.17) is 16.3 Å². The number of hydrogen-bond acceptors (Lipinski definition) is 5. The minimum atomic E-state index is -0.656. The van der Waals surface area contributed by atoms with E-state index in [0.29, 0.717) is 34.8 Å². The van der Waals surface area contributed by atoms with Crippen LogP contribution < -0.4 is 5.32 Å². The average Bonchev–Trinajstić information content (AvgIpc) is 3.00. The van der Waals surface area contributed by atoms with Gasteiger partial charge in [0.05, 0.1) is 5.02 Å². The molecule has 0 bridgehead atoms. The molecule has 1 saturated heterocycles. The molecule has 150 valence electrons. The van der Waals surface area contributed by atoms with Gasteiger partial charge in [-0.1, -0.05) is 43.6 Å². The molecule has 1 aromatic heterocycles. The average molecular weight is 423 g/mol. The zero-order valence-corrected chi connectivity index (χ0v) is 17.4. The van der Waals surface area contributed by atoms with Gasteiger partial charge in [-0.05, 0) is 24.3 Å². The fourth-order valence-electron chi connectivity index (χ4n) is 3.54. The number of likely N-dealkylation sites (tertiary alicyclic amines) is 1. The largest absolute Gasteiger partial charge is 0.454 e. The lowest BCUT2D eigenvalue weighted by Gasteiger charge is -2.34. The van der Waals surface area contributed by atoms with Gasteiger partial charge >= 0.3 is 5.97 Å². The summed E-state index contributed by atoms with van der Waals surface area (Å²) in [5.41, 5.74) is 0. The summed E-state index contributed by atoms with van der Waals surface area (Å²) in [6, 6.07) is 7.44. The van der Waals surface area contributed by atoms with Crippen molar-refractivity contribution in [2.75, 3.05) is 26.2 Å². The van der Waals surface area contributed by atoms with Crippen molar-refractivity contribution >= 4 is 50.8 Å². The molecule has 8 heteroatoms. The van der Waals surface area contributed by atoms with E-state index in [0.717, 1.165) is 16.5 Å². The van der Waals surface area contributed by atoms with Crippen molar-refractivity contribution in [3.63, 3.8) is 0 Å². The van der Waals surface area contributed by atoms with Crippen molar-refractivity contribution in [2.24, 2.45) is 11.8 Å². The van der Waals surface area contributed by atoms with Gasteiger partial charge in [-0.3, -0.25) is 14.4 Å². The molecule has 1 aliphatic rings. The van der Waals surface area contributed by atoms with Crippen LogP contribution in [0.5, 0.6) is 0 Å². The molecule has 1 N–H and O–H groups in total. The first-order valence-electron chi connectivity index (χ1n) is 9.23. The summed E-state index contributed by atoms with van der Waals surface area (Å²) in [4.78, 5) is 38.6. The second kappa shape index (κ2) is 8.92. The number of benzene rings is 1. The van der Waals surface area contributed by atoms with Crippen LogP contribution in [-0.4, -0.2) is 48.9 Å². The standard InChI is InChI=1S/C20H23ClN2O4S/c1-12-7-13(2)10-23(9-12)16(24)11-27-17(25)8-22-20(26)19-18(21)14-5-3-4-6-15(14)28-19/h3-6,12-13H,7-11H2,1-2H3,(H,22,26)/t12-,13-/m1/s1. The van der Waals surface area contributed by atoms with E-state index in [-0.39, 0.29) is 19.1 Å². The molecular formula is C20H23ClN2O4S. The van der Waals surface area contributed by atoms with E-state index in [1.165, 1.54) is 11.3 Å². The zero-order chi connectivity index (χ0) is 20.3. The van der Waals surface area contributed by atoms with Crippen LogP contribution in [0.15, 0.2) is 24.3 Å². The Hall–Kier alpha value is -2.12. The van der Waals surface area contributed by atoms with Crippen molar-refractivity contribution < 1.29 is 19.1 Å². The highest BCUT2D eigenvalue weighted by Gasteiger charge is 2.26. The molecule has 1 aliphatic heterocycles. The highest BCUT2D eigenvalue weighted by molar-refractivity contribution is 7.21. The number of rotatable bonds is 5. The molecule has 2 aromatic rings. The normalized spacial score (nSPS) is 19.5. The van der Waals surface area contributed by atoms with Gasteiger partial charge in [-0.15, -0.1) is 11.3 Å². The third-order valence-corrected chi connectivity index (χ3v) is 6.39. The Kier molecular flexibility index (Phi) is 6.57. The third kappa shape index (κ3) is 4.83. The van der Waals surface area contributed by atoms with Crippen molar-refractivity contribution in [3.8, 4) is 0 Å². The molecule has 1 fully saturated rings. The maximum atomic E-state index is 12.3. The highest BCUT2D eigenvalue weighted by Crippen LogP contribution is 2.34. The number of carbonyl (C=O) groups excluding carboxylic acids is 3. The number of carbonyl (C=O) groups is 3. The number of esters is 1. The minimum Gasteiger partial charge on any atom is -0.454 e. The number of nitrogens with one attached hydrogen (secondary N) is 1. The van der Waals surface area contributed by atoms with Crippen LogP contribution >= 0.6 is 22.9 Å². The number of amides is 2. The molecule has 2 heterocycles. The van der Waals surface area contributed by atoms with Gasteiger partial charge < -0.3 is 15.0 Å². The van der Waals surface area contributed by atoms with Crippen LogP contribution in [0.4, 0.5) is 0 Å². The number of ether oxygens (including phenoxy) is 1. The van der Waals surface area contributed by atoms with Crippen LogP contribution in [0, 0.1) is 11.8 Å². The van der Waals surface area contributed by atoms with Crippen LogP contribution in [0.25, 0.3) is 10.1 Å². The van der Waals surface area contributed by atoms with Gasteiger partial charge in [-0.2, -0.15) is 0 Å². The summed E-state index contributed by atoms with van der Waals surface area (Å²) in [6.45, 7) is 4.96. The van der Waals surface area contributed by atoms with Gasteiger partial charge in [0.25, 0.3) is 11.8 Å². The number of hydrogen-bond donors (Lipinski definition) is 1. The summed E-state index contributed by atoms with van der Waals surface area (Å²) in [5, 5.41) is 3.68. The first-order valence-corrected chi connectivity index (χ1v) is 10.4. The summed E-state index contributed by atoms with van der Waals surface area (Å²) in [7, 11) is 0. The van der Waals surface area contributed by atoms with Crippen molar-refractivity contribution in [3.05, 3.63) is 34.2 Å². The third-order valence-electron chi connectivity index (χ3n) is 4.71. The summed E-state index contributed by atoms with van der Waals surface area (Å²) < 4.78 is 5.93. The van der Waals surface area contributed by atoms with Crippen LogP contribution in [0.1, 0.15) is 29.9 Å². The molecule has 6 nitrogen and oxygen atoms in total. The molecule has 2 atom stereocenters. The molecule has 0 aliphatic carbocycles. The van der Waals surface area contributed by atoms with Crippen LogP contribution in [0.3, 0.4) is 0 Å². The van der Waals surface area contributed by atoms with Gasteiger partial charge in [0, 0.05) is 23.2 Å². The first-order chi connectivity index (χ1) is 13.3. The quantitative estimate of drug-likeness (QED) is 0.750. The van der Waals surface area contributed by atoms with E-state index in [2.05, 4.69) is 19.2 Å². The van der Waals surface area contributed by atoms with Gasteiger partial charge in [0.15, 0.2) is 6.61 Å². The van der Waals surface area contributed by atoms with Crippen LogP contribution in [-0.2, 0) is 14.3 Å².